The quantitative estimate of drug-likeness (QED) is 0.833. The number of rotatable bonds is 4. The molecule has 3 heteroatoms. The van der Waals surface area contributed by atoms with E-state index in [1.807, 2.05) is 11.8 Å². The molecule has 1 aliphatic heterocycles. The molecule has 0 aromatic heterocycles. The summed E-state index contributed by atoms with van der Waals surface area (Å²) < 4.78 is 0. The van der Waals surface area contributed by atoms with Gasteiger partial charge in [-0.2, -0.15) is 0 Å². The van der Waals surface area contributed by atoms with E-state index in [2.05, 4.69) is 29.6 Å². The average Bonchev–Trinajstić information content (AvgIpc) is 2.85. The molecule has 1 heterocycles. The van der Waals surface area contributed by atoms with Crippen LogP contribution in [0.3, 0.4) is 0 Å². The molecule has 1 fully saturated rings. The Labute approximate surface area is 125 Å². The third-order valence-electron chi connectivity index (χ3n) is 4.40. The lowest BCUT2D eigenvalue weighted by Crippen LogP contribution is -2.29. The Hall–Kier alpha value is -0.180. The van der Waals surface area contributed by atoms with E-state index in [4.69, 9.17) is 11.6 Å². The zero-order valence-corrected chi connectivity index (χ0v) is 12.8. The van der Waals surface area contributed by atoms with Crippen LogP contribution in [0.4, 0.5) is 0 Å². The summed E-state index contributed by atoms with van der Waals surface area (Å²) in [6, 6.07) is 8.85. The predicted octanol–water partition coefficient (Wildman–Crippen LogP) is 4.26. The summed E-state index contributed by atoms with van der Waals surface area (Å²) in [5, 5.41) is 4.14. The summed E-state index contributed by atoms with van der Waals surface area (Å²) in [6.45, 7) is 2.30. The summed E-state index contributed by atoms with van der Waals surface area (Å²) in [5.74, 6) is 2.78. The van der Waals surface area contributed by atoms with Gasteiger partial charge in [-0.1, -0.05) is 18.2 Å². The van der Waals surface area contributed by atoms with Crippen molar-refractivity contribution in [1.29, 1.82) is 0 Å². The molecule has 1 unspecified atom stereocenters. The Morgan fingerprint density at radius 2 is 1.89 bits per heavy atom. The molecule has 0 saturated heterocycles. The van der Waals surface area contributed by atoms with Crippen LogP contribution < -0.4 is 5.32 Å². The second kappa shape index (κ2) is 6.51. The Bertz CT molecular complexity index is 415. The maximum atomic E-state index is 6.15. The molecule has 0 spiro atoms. The molecule has 0 amide bonds. The summed E-state index contributed by atoms with van der Waals surface area (Å²) in [4.78, 5) is 1.48. The molecule has 1 atom stereocenters. The van der Waals surface area contributed by atoms with Crippen molar-refractivity contribution in [1.82, 2.24) is 5.32 Å². The van der Waals surface area contributed by atoms with Gasteiger partial charge in [0.1, 0.15) is 0 Å². The van der Waals surface area contributed by atoms with Crippen LogP contribution >= 0.6 is 23.4 Å². The van der Waals surface area contributed by atoms with Crippen LogP contribution in [0, 0.1) is 5.92 Å². The van der Waals surface area contributed by atoms with Crippen LogP contribution in [-0.4, -0.2) is 24.2 Å². The van der Waals surface area contributed by atoms with Gasteiger partial charge in [-0.25, -0.2) is 0 Å². The second-order valence-corrected chi connectivity index (χ2v) is 7.50. The zero-order valence-electron chi connectivity index (χ0n) is 11.3. The first-order valence-electron chi connectivity index (χ1n) is 7.39. The number of halogens is 1. The molecule has 3 rings (SSSR count). The van der Waals surface area contributed by atoms with Crippen molar-refractivity contribution < 1.29 is 0 Å². The van der Waals surface area contributed by atoms with E-state index in [0.717, 1.165) is 12.5 Å². The summed E-state index contributed by atoms with van der Waals surface area (Å²) in [5.41, 5.74) is 1.55. The second-order valence-electron chi connectivity index (χ2n) is 5.82. The molecule has 1 nitrogen and oxygen atoms in total. The van der Waals surface area contributed by atoms with Crippen molar-refractivity contribution in [2.75, 3.05) is 18.8 Å². The van der Waals surface area contributed by atoms with E-state index >= 15 is 0 Å². The number of thioether (sulfide) groups is 1. The molecule has 1 aromatic carbocycles. The van der Waals surface area contributed by atoms with E-state index in [9.17, 15) is 0 Å². The molecule has 1 aromatic rings. The summed E-state index contributed by atoms with van der Waals surface area (Å²) >= 11 is 8.16. The number of nitrogens with one attached hydrogen (secondary N) is 1. The van der Waals surface area contributed by atoms with E-state index in [-0.39, 0.29) is 0 Å². The fourth-order valence-corrected chi connectivity index (χ4v) is 4.69. The number of hydrogen-bond acceptors (Lipinski definition) is 2. The minimum absolute atomic E-state index is 0.439. The summed E-state index contributed by atoms with van der Waals surface area (Å²) in [7, 11) is 0. The number of alkyl halides is 1. The largest absolute Gasteiger partial charge is 0.316 e. The monoisotopic (exact) mass is 295 g/mol. The Morgan fingerprint density at radius 1 is 1.11 bits per heavy atom. The minimum atomic E-state index is 0.439. The molecule has 1 saturated carbocycles. The Morgan fingerprint density at radius 3 is 2.74 bits per heavy atom. The van der Waals surface area contributed by atoms with Crippen molar-refractivity contribution in [2.24, 2.45) is 5.92 Å². The lowest BCUT2D eigenvalue weighted by molar-refractivity contribution is 0.344. The van der Waals surface area contributed by atoms with E-state index < -0.39 is 0 Å². The fourth-order valence-electron chi connectivity index (χ4n) is 3.19. The number of benzene rings is 1. The van der Waals surface area contributed by atoms with E-state index in [1.54, 1.807) is 5.56 Å². The van der Waals surface area contributed by atoms with Gasteiger partial charge in [-0.3, -0.25) is 0 Å². The van der Waals surface area contributed by atoms with Gasteiger partial charge in [0.05, 0.1) is 0 Å². The topological polar surface area (TPSA) is 12.0 Å². The smallest absolute Gasteiger partial charge is 0.0336 e. The van der Waals surface area contributed by atoms with Crippen molar-refractivity contribution in [3.63, 3.8) is 0 Å². The number of hydrogen-bond donors (Lipinski definition) is 1. The van der Waals surface area contributed by atoms with Gasteiger partial charge in [0.2, 0.25) is 0 Å². The first-order chi connectivity index (χ1) is 9.33. The van der Waals surface area contributed by atoms with Crippen LogP contribution in [0.5, 0.6) is 0 Å². The average molecular weight is 296 g/mol. The van der Waals surface area contributed by atoms with Gasteiger partial charge in [0, 0.05) is 28.5 Å². The summed E-state index contributed by atoms with van der Waals surface area (Å²) in [6.07, 6.45) is 5.01. The highest BCUT2D eigenvalue weighted by atomic mass is 35.5. The van der Waals surface area contributed by atoms with E-state index in [1.165, 1.54) is 42.9 Å². The first-order valence-corrected chi connectivity index (χ1v) is 8.81. The normalized spacial score (nSPS) is 30.3. The molecule has 1 aliphatic carbocycles. The highest BCUT2D eigenvalue weighted by molar-refractivity contribution is 7.99. The van der Waals surface area contributed by atoms with Gasteiger partial charge in [-0.15, -0.1) is 23.4 Å². The Balaban J connectivity index is 1.44. The van der Waals surface area contributed by atoms with Crippen LogP contribution in [0.25, 0.3) is 0 Å². The molecular weight excluding hydrogens is 274 g/mol. The zero-order chi connectivity index (χ0) is 13.1. The number of fused-ring (bicyclic) bond motifs is 1. The lowest BCUT2D eigenvalue weighted by atomic mass is 9.89. The van der Waals surface area contributed by atoms with Crippen molar-refractivity contribution >= 4 is 23.4 Å². The SMILES string of the molecule is ClC1CCC(CNCC2CSc3ccccc32)CC1. The van der Waals surface area contributed by atoms with Crippen LogP contribution in [0.2, 0.25) is 0 Å². The van der Waals surface area contributed by atoms with Crippen molar-refractivity contribution in [3.05, 3.63) is 29.8 Å². The third kappa shape index (κ3) is 3.48. The van der Waals surface area contributed by atoms with Crippen molar-refractivity contribution in [2.45, 2.75) is 41.9 Å². The molecule has 2 aliphatic rings. The first kappa shape index (κ1) is 13.8. The molecule has 19 heavy (non-hydrogen) atoms. The van der Waals surface area contributed by atoms with Gasteiger partial charge >= 0.3 is 0 Å². The standard InChI is InChI=1S/C16H22ClNS/c17-14-7-5-12(6-8-14)9-18-10-13-11-19-16-4-2-1-3-15(13)16/h1-4,12-14,18H,5-11H2. The fraction of sp³-hybridized carbons (Fsp3) is 0.625. The van der Waals surface area contributed by atoms with Crippen molar-refractivity contribution in [3.8, 4) is 0 Å². The predicted molar refractivity (Wildman–Crippen MR) is 84.4 cm³/mol. The highest BCUT2D eigenvalue weighted by Crippen LogP contribution is 2.38. The molecule has 104 valence electrons. The Kier molecular flexibility index (Phi) is 4.73. The van der Waals surface area contributed by atoms with Gasteiger partial charge < -0.3 is 5.32 Å². The van der Waals surface area contributed by atoms with Crippen LogP contribution in [-0.2, 0) is 0 Å². The van der Waals surface area contributed by atoms with Gasteiger partial charge in [0.15, 0.2) is 0 Å². The minimum Gasteiger partial charge on any atom is -0.316 e. The molecule has 1 N–H and O–H groups in total. The van der Waals surface area contributed by atoms with Crippen LogP contribution in [0.1, 0.15) is 37.2 Å². The lowest BCUT2D eigenvalue weighted by Gasteiger charge is -2.25. The maximum absolute atomic E-state index is 6.15. The van der Waals surface area contributed by atoms with Gasteiger partial charge in [0.25, 0.3) is 0 Å². The highest BCUT2D eigenvalue weighted by Gasteiger charge is 2.23. The third-order valence-corrected chi connectivity index (χ3v) is 6.09. The molecule has 0 radical (unpaired) electrons. The van der Waals surface area contributed by atoms with Gasteiger partial charge in [-0.05, 0) is 49.8 Å². The molecular formula is C16H22ClNS. The van der Waals surface area contributed by atoms with Crippen LogP contribution in [0.15, 0.2) is 29.2 Å². The maximum Gasteiger partial charge on any atom is 0.0336 e. The van der Waals surface area contributed by atoms with E-state index in [0.29, 0.717) is 11.3 Å². The molecule has 0 bridgehead atoms.